The molecule has 0 unspecified atom stereocenters. The van der Waals surface area contributed by atoms with E-state index in [9.17, 15) is 18.0 Å². The number of carbonyl (C=O) groups is 2. The number of fused-ring (bicyclic) bond motifs is 1. The molecule has 2 amide bonds. The van der Waals surface area contributed by atoms with Gasteiger partial charge in [0.1, 0.15) is 23.4 Å². The van der Waals surface area contributed by atoms with E-state index in [1.807, 2.05) is 0 Å². The minimum absolute atomic E-state index is 0.0578. The zero-order valence-corrected chi connectivity index (χ0v) is 27.4. The quantitative estimate of drug-likeness (QED) is 0.179. The summed E-state index contributed by atoms with van der Waals surface area (Å²) in [5.74, 6) is -0.330. The molecule has 1 fully saturated rings. The summed E-state index contributed by atoms with van der Waals surface area (Å²) in [6, 6.07) is 13.9. The maximum absolute atomic E-state index is 15.6. The number of nitrogens with zero attached hydrogens (tertiary/aromatic N) is 2. The maximum Gasteiger partial charge on any atom is 0.411 e. The van der Waals surface area contributed by atoms with Crippen LogP contribution in [-0.4, -0.2) is 55.8 Å². The SMILES string of the molecule is CCOc1ccc(F)c([C@H](Nc2ccc3c(N)nccc3c2)C(=O)N2CCC[C@@H]2c2cc(NC(=O)OC)ccc2S(=O)(=O)C(C)C)c1. The molecule has 2 heterocycles. The highest BCUT2D eigenvalue weighted by atomic mass is 32.2. The third kappa shape index (κ3) is 6.94. The minimum Gasteiger partial charge on any atom is -0.494 e. The summed E-state index contributed by atoms with van der Waals surface area (Å²) < 4.78 is 53.1. The van der Waals surface area contributed by atoms with Crippen LogP contribution in [-0.2, 0) is 19.4 Å². The van der Waals surface area contributed by atoms with Crippen molar-refractivity contribution in [3.63, 3.8) is 0 Å². The number of carbonyl (C=O) groups excluding carboxylic acids is 2. The lowest BCUT2D eigenvalue weighted by Gasteiger charge is -2.32. The Morgan fingerprint density at radius 3 is 2.57 bits per heavy atom. The van der Waals surface area contributed by atoms with Crippen LogP contribution in [0.15, 0.2) is 71.8 Å². The molecule has 11 nitrogen and oxygen atoms in total. The fraction of sp³-hybridized carbons (Fsp3) is 0.324. The topological polar surface area (TPSA) is 153 Å². The lowest BCUT2D eigenvalue weighted by molar-refractivity contribution is -0.133. The normalized spacial score (nSPS) is 15.4. The van der Waals surface area contributed by atoms with Gasteiger partial charge in [-0.15, -0.1) is 0 Å². The van der Waals surface area contributed by atoms with Crippen LogP contribution in [0.1, 0.15) is 56.8 Å². The molecule has 248 valence electrons. The first-order valence-electron chi connectivity index (χ1n) is 15.3. The fourth-order valence-electron chi connectivity index (χ4n) is 5.82. The van der Waals surface area contributed by atoms with Crippen LogP contribution in [0, 0.1) is 5.82 Å². The number of sulfone groups is 1. The van der Waals surface area contributed by atoms with Crippen LogP contribution in [0.3, 0.4) is 0 Å². The van der Waals surface area contributed by atoms with Gasteiger partial charge < -0.3 is 25.4 Å². The molecule has 1 saturated heterocycles. The largest absolute Gasteiger partial charge is 0.494 e. The highest BCUT2D eigenvalue weighted by Gasteiger charge is 2.39. The van der Waals surface area contributed by atoms with Gasteiger partial charge in [0.2, 0.25) is 5.91 Å². The number of nitrogens with two attached hydrogens (primary N) is 1. The monoisotopic (exact) mass is 663 g/mol. The Bertz CT molecular complexity index is 1920. The third-order valence-corrected chi connectivity index (χ3v) is 10.4. The van der Waals surface area contributed by atoms with Gasteiger partial charge in [-0.1, -0.05) is 0 Å². The van der Waals surface area contributed by atoms with E-state index in [4.69, 9.17) is 15.2 Å². The van der Waals surface area contributed by atoms with E-state index in [-0.39, 0.29) is 10.5 Å². The van der Waals surface area contributed by atoms with Crippen molar-refractivity contribution in [2.75, 3.05) is 36.6 Å². The molecule has 1 aromatic heterocycles. The summed E-state index contributed by atoms with van der Waals surface area (Å²) in [6.07, 6.45) is 1.88. The molecule has 0 bridgehead atoms. The minimum atomic E-state index is -3.80. The van der Waals surface area contributed by atoms with E-state index in [1.54, 1.807) is 62.2 Å². The maximum atomic E-state index is 15.6. The molecule has 0 saturated carbocycles. The standard InChI is InChI=1S/C34H38FN5O6S/c1-5-46-24-10-12-28(35)26(19-24)31(38-22-8-11-25-21(17-22)14-15-37-32(25)36)33(41)40-16-6-7-29(40)27-18-23(39-34(42)45-4)9-13-30(27)47(43,44)20(2)3/h8-15,17-20,29,31,38H,5-7,16H2,1-4H3,(H2,36,37)(H,39,42)/t29-,31+/m1/s1. The molecule has 0 spiro atoms. The summed E-state index contributed by atoms with van der Waals surface area (Å²) in [6.45, 7) is 5.61. The molecule has 4 N–H and O–H groups in total. The number of hydrogen-bond donors (Lipinski definition) is 3. The van der Waals surface area contributed by atoms with Gasteiger partial charge in [0.05, 0.1) is 29.9 Å². The number of nitrogens with one attached hydrogen (secondary N) is 2. The molecule has 13 heteroatoms. The van der Waals surface area contributed by atoms with Crippen molar-refractivity contribution < 1.29 is 31.9 Å². The Labute approximate surface area is 273 Å². The third-order valence-electron chi connectivity index (χ3n) is 8.21. The van der Waals surface area contributed by atoms with Crippen LogP contribution < -0.4 is 21.1 Å². The van der Waals surface area contributed by atoms with Crippen molar-refractivity contribution in [2.24, 2.45) is 0 Å². The molecule has 4 aromatic rings. The first kappa shape index (κ1) is 33.5. The van der Waals surface area contributed by atoms with Crippen molar-refractivity contribution >= 4 is 49.8 Å². The Morgan fingerprint density at radius 2 is 1.85 bits per heavy atom. The van der Waals surface area contributed by atoms with E-state index >= 15 is 4.39 Å². The molecule has 0 radical (unpaired) electrons. The summed E-state index contributed by atoms with van der Waals surface area (Å²) >= 11 is 0. The number of likely N-dealkylation sites (tertiary alicyclic amines) is 1. The highest BCUT2D eigenvalue weighted by molar-refractivity contribution is 7.92. The fourth-order valence-corrected chi connectivity index (χ4v) is 7.11. The van der Waals surface area contributed by atoms with E-state index in [0.717, 1.165) is 10.8 Å². The molecule has 3 aromatic carbocycles. The Balaban J connectivity index is 1.61. The van der Waals surface area contributed by atoms with Crippen LogP contribution in [0.5, 0.6) is 5.75 Å². The molecular formula is C34H38FN5O6S. The summed E-state index contributed by atoms with van der Waals surface area (Å²) in [7, 11) is -2.58. The predicted octanol–water partition coefficient (Wildman–Crippen LogP) is 6.23. The van der Waals surface area contributed by atoms with Gasteiger partial charge in [-0.2, -0.15) is 0 Å². The number of amides is 2. The van der Waals surface area contributed by atoms with Crippen molar-refractivity contribution in [1.29, 1.82) is 0 Å². The van der Waals surface area contributed by atoms with Crippen molar-refractivity contribution in [3.8, 4) is 5.75 Å². The number of nitrogen functional groups attached to an aromatic ring is 1. The van der Waals surface area contributed by atoms with Gasteiger partial charge in [0.15, 0.2) is 9.84 Å². The number of aromatic nitrogens is 1. The Hall–Kier alpha value is -4.91. The van der Waals surface area contributed by atoms with Crippen molar-refractivity contribution in [1.82, 2.24) is 9.88 Å². The number of benzene rings is 3. The first-order valence-corrected chi connectivity index (χ1v) is 16.9. The molecule has 2 atom stereocenters. The second kappa shape index (κ2) is 13.8. The van der Waals surface area contributed by atoms with Gasteiger partial charge in [0.25, 0.3) is 0 Å². The smallest absolute Gasteiger partial charge is 0.411 e. The summed E-state index contributed by atoms with van der Waals surface area (Å²) in [4.78, 5) is 32.4. The van der Waals surface area contributed by atoms with Crippen LogP contribution in [0.4, 0.5) is 26.4 Å². The second-order valence-corrected chi connectivity index (χ2v) is 14.0. The number of methoxy groups -OCH3 is 1. The van der Waals surface area contributed by atoms with Gasteiger partial charge in [-0.25, -0.2) is 22.6 Å². The molecule has 5 rings (SSSR count). The van der Waals surface area contributed by atoms with Gasteiger partial charge in [-0.05, 0) is 105 Å². The van der Waals surface area contributed by atoms with Gasteiger partial charge >= 0.3 is 6.09 Å². The van der Waals surface area contributed by atoms with E-state index < -0.39 is 45.0 Å². The Kier molecular flexibility index (Phi) is 9.85. The van der Waals surface area contributed by atoms with Crippen LogP contribution in [0.25, 0.3) is 10.8 Å². The average molecular weight is 664 g/mol. The zero-order chi connectivity index (χ0) is 33.9. The van der Waals surface area contributed by atoms with E-state index in [1.165, 1.54) is 37.4 Å². The average Bonchev–Trinajstić information content (AvgIpc) is 3.54. The zero-order valence-electron chi connectivity index (χ0n) is 26.6. The molecule has 1 aliphatic rings. The summed E-state index contributed by atoms with van der Waals surface area (Å²) in [5, 5.41) is 6.58. The lowest BCUT2D eigenvalue weighted by atomic mass is 10.00. The number of anilines is 3. The molecule has 47 heavy (non-hydrogen) atoms. The van der Waals surface area contributed by atoms with Crippen molar-refractivity contribution in [2.45, 2.75) is 55.8 Å². The van der Waals surface area contributed by atoms with Gasteiger partial charge in [-0.3, -0.25) is 10.1 Å². The first-order chi connectivity index (χ1) is 22.4. The lowest BCUT2D eigenvalue weighted by Crippen LogP contribution is -2.38. The molecule has 0 aliphatic carbocycles. The number of halogens is 1. The van der Waals surface area contributed by atoms with E-state index in [2.05, 4.69) is 15.6 Å². The predicted molar refractivity (Wildman–Crippen MR) is 179 cm³/mol. The van der Waals surface area contributed by atoms with Gasteiger partial charge in [0, 0.05) is 35.1 Å². The number of pyridine rings is 1. The van der Waals surface area contributed by atoms with Crippen LogP contribution >= 0.6 is 0 Å². The number of ether oxygens (including phenoxy) is 2. The Morgan fingerprint density at radius 1 is 1.09 bits per heavy atom. The molecular weight excluding hydrogens is 625 g/mol. The number of rotatable bonds is 10. The van der Waals surface area contributed by atoms with E-state index in [0.29, 0.717) is 54.5 Å². The molecule has 1 aliphatic heterocycles. The number of hydrogen-bond acceptors (Lipinski definition) is 9. The van der Waals surface area contributed by atoms with Crippen molar-refractivity contribution in [3.05, 3.63) is 83.8 Å². The second-order valence-electron chi connectivity index (χ2n) is 11.5. The summed E-state index contributed by atoms with van der Waals surface area (Å²) in [5.41, 5.74) is 7.31. The highest BCUT2D eigenvalue weighted by Crippen LogP contribution is 2.40. The van der Waals surface area contributed by atoms with Crippen LogP contribution in [0.2, 0.25) is 0 Å².